The van der Waals surface area contributed by atoms with Gasteiger partial charge in [0.05, 0.1) is 34.9 Å². The van der Waals surface area contributed by atoms with Crippen molar-refractivity contribution >= 4 is 69.1 Å². The van der Waals surface area contributed by atoms with Crippen LogP contribution < -0.4 is 15.2 Å². The zero-order valence-corrected chi connectivity index (χ0v) is 28.4. The van der Waals surface area contributed by atoms with Gasteiger partial charge in [0, 0.05) is 60.6 Å². The van der Waals surface area contributed by atoms with Crippen molar-refractivity contribution in [3.63, 3.8) is 0 Å². The van der Waals surface area contributed by atoms with Gasteiger partial charge in [0.25, 0.3) is 5.91 Å². The van der Waals surface area contributed by atoms with Gasteiger partial charge in [0.1, 0.15) is 22.9 Å². The van der Waals surface area contributed by atoms with E-state index in [1.165, 1.54) is 18.3 Å². The standard InChI is InChI=1S/C39H31ClF2N6O4/c40-24-3-1-23(2-4-24)20-43-26-6-8-27(9-7-26)44-36-29-17-25(41)5-12-33(29)48(38(36)50)22-45-13-15-46(16-14-45)35-19-34-30(18-32(35)42)37(49)31(39(51)52)21-47(34)28-10-11-28/h1-9,12,17-21,28H,10-11,13-16,22H2,(H,51,52). The summed E-state index contributed by atoms with van der Waals surface area (Å²) < 4.78 is 31.8. The van der Waals surface area contributed by atoms with E-state index < -0.39 is 23.0 Å². The van der Waals surface area contributed by atoms with Gasteiger partial charge in [-0.05, 0) is 85.1 Å². The Hall–Kier alpha value is -5.72. The number of carboxylic acid groups (broad SMARTS) is 1. The minimum absolute atomic E-state index is 0.0467. The van der Waals surface area contributed by atoms with Crippen molar-refractivity contribution in [2.45, 2.75) is 18.9 Å². The molecule has 3 aliphatic rings. The van der Waals surface area contributed by atoms with E-state index in [0.29, 0.717) is 65.0 Å². The van der Waals surface area contributed by atoms with Gasteiger partial charge < -0.3 is 14.6 Å². The lowest BCUT2D eigenvalue weighted by molar-refractivity contribution is -0.112. The summed E-state index contributed by atoms with van der Waals surface area (Å²) in [5.74, 6) is -2.77. The lowest BCUT2D eigenvalue weighted by Gasteiger charge is -2.38. The van der Waals surface area contributed by atoms with Crippen LogP contribution in [0, 0.1) is 11.6 Å². The molecule has 4 aromatic carbocycles. The molecule has 1 saturated heterocycles. The number of benzene rings is 4. The Morgan fingerprint density at radius 3 is 2.29 bits per heavy atom. The second kappa shape index (κ2) is 13.4. The summed E-state index contributed by atoms with van der Waals surface area (Å²) in [5.41, 5.74) is 2.96. The number of hydrogen-bond acceptors (Lipinski definition) is 7. The van der Waals surface area contributed by atoms with Crippen LogP contribution in [0.5, 0.6) is 0 Å². The number of anilines is 2. The summed E-state index contributed by atoms with van der Waals surface area (Å²) in [6.07, 6.45) is 4.80. The Labute approximate surface area is 301 Å². The van der Waals surface area contributed by atoms with Crippen LogP contribution >= 0.6 is 11.6 Å². The van der Waals surface area contributed by atoms with E-state index in [2.05, 4.69) is 14.9 Å². The molecular weight excluding hydrogens is 690 g/mol. The third kappa shape index (κ3) is 6.46. The molecule has 0 spiro atoms. The lowest BCUT2D eigenvalue weighted by Crippen LogP contribution is -2.51. The van der Waals surface area contributed by atoms with Crippen molar-refractivity contribution in [2.24, 2.45) is 9.98 Å². The molecule has 1 aliphatic carbocycles. The number of carboxylic acids is 1. The molecule has 10 nitrogen and oxygen atoms in total. The van der Waals surface area contributed by atoms with Gasteiger partial charge in [-0.3, -0.25) is 24.4 Å². The van der Waals surface area contributed by atoms with E-state index in [1.54, 1.807) is 64.2 Å². The highest BCUT2D eigenvalue weighted by atomic mass is 35.5. The fourth-order valence-corrected chi connectivity index (χ4v) is 6.84. The van der Waals surface area contributed by atoms with Crippen molar-refractivity contribution in [1.29, 1.82) is 0 Å². The van der Waals surface area contributed by atoms with Crippen LogP contribution in [-0.2, 0) is 4.79 Å². The number of halogens is 3. The molecule has 1 aromatic heterocycles. The maximum Gasteiger partial charge on any atom is 0.341 e. The van der Waals surface area contributed by atoms with Crippen molar-refractivity contribution in [2.75, 3.05) is 42.6 Å². The molecule has 262 valence electrons. The first-order chi connectivity index (χ1) is 25.1. The average Bonchev–Trinajstić information content (AvgIpc) is 3.96. The van der Waals surface area contributed by atoms with E-state index in [4.69, 9.17) is 11.6 Å². The Balaban J connectivity index is 0.985. The van der Waals surface area contributed by atoms with Crippen LogP contribution in [0.1, 0.15) is 40.4 Å². The molecule has 0 radical (unpaired) electrons. The highest BCUT2D eigenvalue weighted by molar-refractivity contribution is 6.54. The molecule has 8 rings (SSSR count). The molecule has 1 amide bonds. The third-order valence-corrected chi connectivity index (χ3v) is 9.85. The van der Waals surface area contributed by atoms with Crippen molar-refractivity contribution < 1.29 is 23.5 Å². The number of aliphatic imine (C=N–C) groups is 2. The van der Waals surface area contributed by atoms with Gasteiger partial charge in [-0.1, -0.05) is 23.7 Å². The molecule has 5 aromatic rings. The topological polar surface area (TPSA) is 111 Å². The Kier molecular flexibility index (Phi) is 8.64. The number of piperazine rings is 1. The van der Waals surface area contributed by atoms with E-state index in [-0.39, 0.29) is 35.3 Å². The smallest absolute Gasteiger partial charge is 0.341 e. The second-order valence-electron chi connectivity index (χ2n) is 13.1. The summed E-state index contributed by atoms with van der Waals surface area (Å²) in [5, 5.41) is 10.2. The number of carbonyl (C=O) groups is 2. The Bertz CT molecular complexity index is 2370. The highest BCUT2D eigenvalue weighted by Crippen LogP contribution is 2.38. The van der Waals surface area contributed by atoms with Crippen molar-refractivity contribution in [1.82, 2.24) is 9.47 Å². The van der Waals surface area contributed by atoms with Crippen LogP contribution in [0.25, 0.3) is 10.9 Å². The fraction of sp³-hybridized carbons (Fsp3) is 0.205. The number of carbonyl (C=O) groups excluding carboxylic acids is 1. The highest BCUT2D eigenvalue weighted by Gasteiger charge is 2.36. The Morgan fingerprint density at radius 2 is 1.60 bits per heavy atom. The Morgan fingerprint density at radius 1 is 0.885 bits per heavy atom. The minimum atomic E-state index is -1.34. The van der Waals surface area contributed by atoms with E-state index in [1.807, 2.05) is 17.0 Å². The van der Waals surface area contributed by atoms with Gasteiger partial charge in [-0.25, -0.2) is 18.6 Å². The molecule has 52 heavy (non-hydrogen) atoms. The van der Waals surface area contributed by atoms with E-state index in [0.717, 1.165) is 24.5 Å². The number of pyridine rings is 1. The van der Waals surface area contributed by atoms with Crippen LogP contribution in [0.15, 0.2) is 99.8 Å². The number of nitrogens with zero attached hydrogens (tertiary/aromatic N) is 6. The maximum atomic E-state index is 15.5. The second-order valence-corrected chi connectivity index (χ2v) is 13.5. The summed E-state index contributed by atoms with van der Waals surface area (Å²) in [7, 11) is 0. The number of rotatable bonds is 8. The molecule has 1 N–H and O–H groups in total. The zero-order chi connectivity index (χ0) is 36.1. The molecule has 1 saturated carbocycles. The van der Waals surface area contributed by atoms with E-state index in [9.17, 15) is 23.9 Å². The number of aromatic nitrogens is 1. The lowest BCUT2D eigenvalue weighted by atomic mass is 10.1. The van der Waals surface area contributed by atoms with E-state index >= 15 is 4.39 Å². The fourth-order valence-electron chi connectivity index (χ4n) is 6.71. The first kappa shape index (κ1) is 33.4. The number of fused-ring (bicyclic) bond motifs is 2. The number of hydrogen-bond donors (Lipinski definition) is 1. The van der Waals surface area contributed by atoms with Gasteiger partial charge >= 0.3 is 5.97 Å². The van der Waals surface area contributed by atoms with Crippen LogP contribution in [0.3, 0.4) is 0 Å². The monoisotopic (exact) mass is 720 g/mol. The molecule has 0 unspecified atom stereocenters. The number of amides is 1. The third-order valence-electron chi connectivity index (χ3n) is 9.60. The molecule has 3 heterocycles. The van der Waals surface area contributed by atoms with Crippen LogP contribution in [0.2, 0.25) is 5.02 Å². The van der Waals surface area contributed by atoms with Crippen molar-refractivity contribution in [3.8, 4) is 0 Å². The van der Waals surface area contributed by atoms with Crippen molar-refractivity contribution in [3.05, 3.63) is 129 Å². The van der Waals surface area contributed by atoms with Gasteiger partial charge in [0.2, 0.25) is 5.43 Å². The largest absolute Gasteiger partial charge is 0.477 e. The SMILES string of the molecule is O=C(O)c1cn(C2CC2)c2cc(N3CCN(CN4C(=O)C(=Nc5ccc(N=Cc6ccc(Cl)cc6)cc5)c5cc(F)ccc54)CC3)c(F)cc2c1=O. The minimum Gasteiger partial charge on any atom is -0.477 e. The predicted octanol–water partition coefficient (Wildman–Crippen LogP) is 6.96. The summed E-state index contributed by atoms with van der Waals surface area (Å²) >= 11 is 5.96. The average molecular weight is 721 g/mol. The van der Waals surface area contributed by atoms with Gasteiger partial charge in [-0.15, -0.1) is 0 Å². The van der Waals surface area contributed by atoms with Gasteiger partial charge in [-0.2, -0.15) is 0 Å². The first-order valence-corrected chi connectivity index (χ1v) is 17.2. The maximum absolute atomic E-state index is 15.5. The molecule has 0 atom stereocenters. The summed E-state index contributed by atoms with van der Waals surface area (Å²) in [6, 6.07) is 21.4. The van der Waals surface area contributed by atoms with Gasteiger partial charge in [0.15, 0.2) is 0 Å². The molecule has 2 fully saturated rings. The zero-order valence-electron chi connectivity index (χ0n) is 27.7. The summed E-state index contributed by atoms with van der Waals surface area (Å²) in [4.78, 5) is 53.1. The molecule has 13 heteroatoms. The van der Waals surface area contributed by atoms with Crippen LogP contribution in [-0.4, -0.2) is 71.2 Å². The summed E-state index contributed by atoms with van der Waals surface area (Å²) in [6.45, 7) is 2.10. The molecule has 0 bridgehead atoms. The molecule has 2 aliphatic heterocycles. The quantitative estimate of drug-likeness (QED) is 0.174. The first-order valence-electron chi connectivity index (χ1n) is 16.8. The van der Waals surface area contributed by atoms with Crippen LogP contribution in [0.4, 0.5) is 31.5 Å². The number of aromatic carboxylic acids is 1. The predicted molar refractivity (Wildman–Crippen MR) is 197 cm³/mol. The molecular formula is C39H31ClF2N6O4. The normalized spacial score (nSPS) is 17.1.